The van der Waals surface area contributed by atoms with Crippen molar-refractivity contribution < 1.29 is 0 Å². The molecule has 0 radical (unpaired) electrons. The Balaban J connectivity index is 1.86. The Bertz CT molecular complexity index is 1250. The van der Waals surface area contributed by atoms with Gasteiger partial charge in [-0.2, -0.15) is 0 Å². The predicted octanol–water partition coefficient (Wildman–Crippen LogP) is 1.65. The highest BCUT2D eigenvalue weighted by Crippen LogP contribution is 2.31. The molecule has 6 heterocycles. The van der Waals surface area contributed by atoms with Crippen LogP contribution in [0, 0.1) is 0 Å². The molecule has 2 aromatic heterocycles. The largest absolute Gasteiger partial charge is 0.320 e. The summed E-state index contributed by atoms with van der Waals surface area (Å²) in [7, 11) is -2.37. The van der Waals surface area contributed by atoms with Gasteiger partial charge in [0.15, 0.2) is 23.3 Å². The summed E-state index contributed by atoms with van der Waals surface area (Å²) in [5, 5.41) is 0. The highest BCUT2D eigenvalue weighted by molar-refractivity contribution is 6.75. The van der Waals surface area contributed by atoms with Crippen LogP contribution in [0.4, 0.5) is 11.6 Å². The second-order valence-corrected chi connectivity index (χ2v) is 10.9. The summed E-state index contributed by atoms with van der Waals surface area (Å²) in [6.07, 6.45) is 7.53. The molecule has 0 spiro atoms. The van der Waals surface area contributed by atoms with Crippen LogP contribution in [0.15, 0.2) is 78.5 Å². The standard InChI is InChI=1S/C18H14N8Si/c1-27(2)25-15-7-8-17(25)23-13-5-6-14(20-13)24-18-10-9-16(26(18)27)22-12-4-3-11(19-12)21-15/h3-10H,1-2H3. The molecule has 0 N–H and O–H groups in total. The zero-order valence-corrected chi connectivity index (χ0v) is 15.7. The van der Waals surface area contributed by atoms with Crippen molar-refractivity contribution in [3.63, 3.8) is 0 Å². The molecule has 6 rings (SSSR count). The first-order chi connectivity index (χ1) is 13.1. The summed E-state index contributed by atoms with van der Waals surface area (Å²) < 4.78 is 4.43. The third kappa shape index (κ3) is 2.02. The first-order valence-corrected chi connectivity index (χ1v) is 11.6. The summed E-state index contributed by atoms with van der Waals surface area (Å²) in [4.78, 5) is 28.1. The van der Waals surface area contributed by atoms with Crippen molar-refractivity contribution in [3.05, 3.63) is 59.5 Å². The smallest absolute Gasteiger partial charge is 0.272 e. The molecular weight excluding hydrogens is 356 g/mol. The normalized spacial score (nSPS) is 20.2. The molecule has 2 aromatic rings. The first kappa shape index (κ1) is 14.7. The van der Waals surface area contributed by atoms with Gasteiger partial charge in [-0.3, -0.25) is 0 Å². The van der Waals surface area contributed by atoms with E-state index in [0.717, 1.165) is 22.6 Å². The quantitative estimate of drug-likeness (QED) is 0.632. The fourth-order valence-corrected chi connectivity index (χ4v) is 6.74. The van der Waals surface area contributed by atoms with E-state index in [-0.39, 0.29) is 0 Å². The minimum absolute atomic E-state index is 0.648. The highest BCUT2D eigenvalue weighted by atomic mass is 28.3. The molecule has 130 valence electrons. The van der Waals surface area contributed by atoms with Crippen LogP contribution in [0.5, 0.6) is 0 Å². The molecule has 9 heteroatoms. The van der Waals surface area contributed by atoms with Crippen LogP contribution >= 0.6 is 0 Å². The van der Waals surface area contributed by atoms with Crippen molar-refractivity contribution in [2.75, 3.05) is 0 Å². The molecule has 0 unspecified atom stereocenters. The summed E-state index contributed by atoms with van der Waals surface area (Å²) in [6.45, 7) is 4.49. The number of aromatic nitrogens is 2. The van der Waals surface area contributed by atoms with Gasteiger partial charge in [-0.25, -0.2) is 30.0 Å². The van der Waals surface area contributed by atoms with E-state index >= 15 is 0 Å². The average molecular weight is 370 g/mol. The summed E-state index contributed by atoms with van der Waals surface area (Å²) in [6, 6.07) is 7.95. The average Bonchev–Trinajstić information content (AvgIpc) is 3.38. The number of nitrogens with zero attached hydrogens (tertiary/aromatic N) is 8. The lowest BCUT2D eigenvalue weighted by atomic mass is 10.5. The van der Waals surface area contributed by atoms with Crippen LogP contribution < -0.4 is 11.0 Å². The van der Waals surface area contributed by atoms with Crippen molar-refractivity contribution in [3.8, 4) is 0 Å². The second-order valence-electron chi connectivity index (χ2n) is 7.03. The van der Waals surface area contributed by atoms with Gasteiger partial charge in [0.1, 0.15) is 22.6 Å². The Morgan fingerprint density at radius 3 is 1.48 bits per heavy atom. The predicted molar refractivity (Wildman–Crippen MR) is 107 cm³/mol. The van der Waals surface area contributed by atoms with E-state index < -0.39 is 8.40 Å². The summed E-state index contributed by atoms with van der Waals surface area (Å²) in [5.74, 6) is 4.25. The Hall–Kier alpha value is -3.46. The number of hydrogen-bond acceptors (Lipinski definition) is 6. The number of fused-ring (bicyclic) bond motifs is 2. The Kier molecular flexibility index (Phi) is 2.62. The van der Waals surface area contributed by atoms with Gasteiger partial charge in [0.2, 0.25) is 0 Å². The molecule has 8 nitrogen and oxygen atoms in total. The van der Waals surface area contributed by atoms with Crippen LogP contribution in [-0.2, 0) is 0 Å². The minimum atomic E-state index is -2.37. The van der Waals surface area contributed by atoms with Crippen molar-refractivity contribution >= 4 is 43.4 Å². The van der Waals surface area contributed by atoms with Crippen molar-refractivity contribution in [1.29, 1.82) is 0 Å². The third-order valence-electron chi connectivity index (χ3n) is 4.91. The van der Waals surface area contributed by atoms with Crippen molar-refractivity contribution in [1.82, 2.24) is 8.47 Å². The zero-order chi connectivity index (χ0) is 18.2. The summed E-state index contributed by atoms with van der Waals surface area (Å²) in [5.41, 5.74) is 1.66. The molecule has 0 aliphatic carbocycles. The lowest BCUT2D eigenvalue weighted by molar-refractivity contribution is 0.919. The van der Waals surface area contributed by atoms with E-state index in [1.165, 1.54) is 0 Å². The van der Waals surface area contributed by atoms with Gasteiger partial charge in [-0.15, -0.1) is 0 Å². The molecule has 0 aromatic carbocycles. The minimum Gasteiger partial charge on any atom is -0.320 e. The van der Waals surface area contributed by atoms with Crippen LogP contribution in [0.3, 0.4) is 0 Å². The molecular formula is C18H14N8Si. The number of amidine groups is 4. The number of hydrogen-bond donors (Lipinski definition) is 0. The molecule has 0 amide bonds. The monoisotopic (exact) mass is 370 g/mol. The SMILES string of the molecule is C[Si]1(C)n2c3ccc2N=C2C=CC(=N2)N=c2ccc(n21)=NC1=NC(=N3)C=C1. The molecule has 4 aliphatic rings. The van der Waals surface area contributed by atoms with Crippen molar-refractivity contribution in [2.24, 2.45) is 30.0 Å². The van der Waals surface area contributed by atoms with E-state index in [1.807, 2.05) is 48.6 Å². The molecule has 0 fully saturated rings. The number of rotatable bonds is 0. The Labute approximate surface area is 154 Å². The number of aliphatic imine (C=N–C) groups is 4. The van der Waals surface area contributed by atoms with Crippen LogP contribution in [0.1, 0.15) is 0 Å². The molecule has 0 saturated carbocycles. The van der Waals surface area contributed by atoms with Crippen molar-refractivity contribution in [2.45, 2.75) is 13.1 Å². The maximum absolute atomic E-state index is 4.76. The van der Waals surface area contributed by atoms with E-state index in [4.69, 9.17) is 20.0 Å². The topological polar surface area (TPSA) is 84.0 Å². The fourth-order valence-electron chi connectivity index (χ4n) is 3.80. The van der Waals surface area contributed by atoms with Gasteiger partial charge in [0.25, 0.3) is 8.40 Å². The van der Waals surface area contributed by atoms with Gasteiger partial charge >= 0.3 is 0 Å². The lowest BCUT2D eigenvalue weighted by Gasteiger charge is -2.29. The molecule has 0 atom stereocenters. The van der Waals surface area contributed by atoms with Gasteiger partial charge in [0.05, 0.1) is 0 Å². The third-order valence-corrected chi connectivity index (χ3v) is 8.02. The molecule has 4 aliphatic heterocycles. The van der Waals surface area contributed by atoms with Gasteiger partial charge < -0.3 is 8.47 Å². The molecule has 6 bridgehead atoms. The zero-order valence-electron chi connectivity index (χ0n) is 14.7. The second kappa shape index (κ2) is 4.83. The molecule has 0 saturated heterocycles. The maximum Gasteiger partial charge on any atom is 0.272 e. The van der Waals surface area contributed by atoms with Crippen LogP contribution in [-0.4, -0.2) is 40.2 Å². The summed E-state index contributed by atoms with van der Waals surface area (Å²) >= 11 is 0. The van der Waals surface area contributed by atoms with E-state index in [9.17, 15) is 0 Å². The fraction of sp³-hybridized carbons (Fsp3) is 0.111. The van der Waals surface area contributed by atoms with Crippen LogP contribution in [0.25, 0.3) is 0 Å². The van der Waals surface area contributed by atoms with Gasteiger partial charge in [-0.1, -0.05) is 0 Å². The lowest BCUT2D eigenvalue weighted by Crippen LogP contribution is -2.54. The van der Waals surface area contributed by atoms with E-state index in [0.29, 0.717) is 23.3 Å². The highest BCUT2D eigenvalue weighted by Gasteiger charge is 2.34. The van der Waals surface area contributed by atoms with E-state index in [1.54, 1.807) is 0 Å². The van der Waals surface area contributed by atoms with Gasteiger partial charge in [0, 0.05) is 0 Å². The first-order valence-electron chi connectivity index (χ1n) is 8.67. The molecule has 27 heavy (non-hydrogen) atoms. The van der Waals surface area contributed by atoms with E-state index in [2.05, 4.69) is 31.5 Å². The maximum atomic E-state index is 4.76. The van der Waals surface area contributed by atoms with Gasteiger partial charge in [-0.05, 0) is 61.7 Å². The Morgan fingerprint density at radius 1 is 0.556 bits per heavy atom. The Morgan fingerprint density at radius 2 is 1.00 bits per heavy atom. The van der Waals surface area contributed by atoms with Crippen LogP contribution in [0.2, 0.25) is 13.1 Å².